The molecule has 53 heavy (non-hydrogen) atoms. The van der Waals surface area contributed by atoms with Gasteiger partial charge in [-0.1, -0.05) is 128 Å². The van der Waals surface area contributed by atoms with Gasteiger partial charge in [0.15, 0.2) is 6.10 Å². The fourth-order valence-electron chi connectivity index (χ4n) is 6.31. The largest absolute Gasteiger partial charge is 0.492 e. The van der Waals surface area contributed by atoms with Gasteiger partial charge in [0.2, 0.25) is 0 Å². The summed E-state index contributed by atoms with van der Waals surface area (Å²) in [4.78, 5) is 34.9. The summed E-state index contributed by atoms with van der Waals surface area (Å²) in [6.45, 7) is 3.80. The van der Waals surface area contributed by atoms with Crippen LogP contribution in [0.5, 0.6) is 0 Å². The highest BCUT2D eigenvalue weighted by atomic mass is 31.2. The van der Waals surface area contributed by atoms with E-state index in [4.69, 9.17) is 24.3 Å². The number of phosphoric acid groups is 1. The van der Waals surface area contributed by atoms with Crippen LogP contribution in [0.15, 0.2) is 36.6 Å². The van der Waals surface area contributed by atoms with Crippen LogP contribution in [0.4, 0.5) is 0 Å². The predicted octanol–water partition coefficient (Wildman–Crippen LogP) is 8.79. The molecule has 1 fully saturated rings. The Bertz CT molecular complexity index is 1070. The van der Waals surface area contributed by atoms with Gasteiger partial charge >= 0.3 is 13.8 Å². The van der Waals surface area contributed by atoms with Crippen molar-refractivity contribution < 1.29 is 47.8 Å². The number of carbonyl (C=O) groups excluding carboxylic acids is 2. The van der Waals surface area contributed by atoms with Crippen LogP contribution in [0.2, 0.25) is 0 Å². The molecule has 0 aliphatic heterocycles. The van der Waals surface area contributed by atoms with Crippen molar-refractivity contribution in [3.63, 3.8) is 0 Å². The maximum atomic E-state index is 12.5. The maximum Gasteiger partial charge on any atom is 0.472 e. The molecule has 0 aromatic rings. The number of phosphoric ester groups is 1. The summed E-state index contributed by atoms with van der Waals surface area (Å²) < 4.78 is 33.1. The maximum absolute atomic E-state index is 12.5. The van der Waals surface area contributed by atoms with Gasteiger partial charge < -0.3 is 30.3 Å². The number of aliphatic hydroxyl groups excluding tert-OH is 2. The molecule has 0 spiro atoms. The van der Waals surface area contributed by atoms with Crippen LogP contribution in [-0.4, -0.2) is 71.5 Å². The second kappa shape index (κ2) is 32.4. The Morgan fingerprint density at radius 3 is 2.15 bits per heavy atom. The van der Waals surface area contributed by atoms with Crippen LogP contribution in [0, 0.1) is 11.8 Å². The Kier molecular flexibility index (Phi) is 30.1. The van der Waals surface area contributed by atoms with Crippen molar-refractivity contribution in [2.75, 3.05) is 26.4 Å². The lowest BCUT2D eigenvalue weighted by molar-refractivity contribution is -0.147. The first kappa shape index (κ1) is 49.2. The van der Waals surface area contributed by atoms with Crippen molar-refractivity contribution in [2.45, 2.75) is 173 Å². The minimum absolute atomic E-state index is 0.0179. The molecular formula is C41H74NO10P. The number of unbranched alkanes of at least 4 members (excludes halogenated alkanes) is 15. The first-order valence-corrected chi connectivity index (χ1v) is 22.1. The first-order chi connectivity index (χ1) is 25.6. The van der Waals surface area contributed by atoms with Gasteiger partial charge in [-0.05, 0) is 44.6 Å². The molecule has 0 aromatic carbocycles. The molecule has 11 nitrogen and oxygen atoms in total. The molecule has 0 amide bonds. The second-order valence-electron chi connectivity index (χ2n) is 14.3. The van der Waals surface area contributed by atoms with Crippen molar-refractivity contribution in [3.05, 3.63) is 36.6 Å². The summed E-state index contributed by atoms with van der Waals surface area (Å²) in [5, 5.41) is 20.6. The normalized spacial score (nSPS) is 20.1. The monoisotopic (exact) mass is 772 g/mol. The number of esters is 1. The average Bonchev–Trinajstić information content (AvgIpc) is 3.41. The van der Waals surface area contributed by atoms with Crippen molar-refractivity contribution in [3.8, 4) is 0 Å². The third-order valence-electron chi connectivity index (χ3n) is 9.52. The number of Topliss-reactive ketones (excluding diaryl/α,β-unsaturated/α-hetero) is 1. The Hall–Kier alpha value is -1.85. The molecule has 1 aliphatic carbocycles. The Labute approximate surface area is 320 Å². The van der Waals surface area contributed by atoms with Gasteiger partial charge in [0.25, 0.3) is 0 Å². The van der Waals surface area contributed by atoms with E-state index in [2.05, 4.69) is 13.8 Å². The van der Waals surface area contributed by atoms with E-state index in [1.165, 1.54) is 70.5 Å². The van der Waals surface area contributed by atoms with E-state index in [9.17, 15) is 29.3 Å². The van der Waals surface area contributed by atoms with Crippen molar-refractivity contribution >= 4 is 19.6 Å². The Morgan fingerprint density at radius 2 is 1.49 bits per heavy atom. The molecule has 0 aromatic heterocycles. The molecule has 1 aliphatic rings. The van der Waals surface area contributed by atoms with Gasteiger partial charge in [-0.2, -0.15) is 0 Å². The summed E-state index contributed by atoms with van der Waals surface area (Å²) in [5.74, 6) is -1.07. The molecule has 308 valence electrons. The molecule has 0 radical (unpaired) electrons. The SMILES string of the molecule is CCCCCCCCCCCCCC/C=C/O[C@H](COC(=O)CCC/C=C\C[C@H]1C(=O)C[C@@H](O)[C@@H]1/C=C/[C@@H](O)CCCCC)COP(=O)(O)OCCN. The molecular weight excluding hydrogens is 697 g/mol. The van der Waals surface area contributed by atoms with E-state index >= 15 is 0 Å². The number of allylic oxidation sites excluding steroid dienone is 3. The van der Waals surface area contributed by atoms with Gasteiger partial charge in [0, 0.05) is 31.2 Å². The summed E-state index contributed by atoms with van der Waals surface area (Å²) in [6, 6.07) is 0. The number of ketones is 1. The van der Waals surface area contributed by atoms with Crippen molar-refractivity contribution in [2.24, 2.45) is 17.6 Å². The number of ether oxygens (including phenoxy) is 2. The quantitative estimate of drug-likeness (QED) is 0.0159. The zero-order valence-corrected chi connectivity index (χ0v) is 33.9. The summed E-state index contributed by atoms with van der Waals surface area (Å²) in [5.41, 5.74) is 5.35. The first-order valence-electron chi connectivity index (χ1n) is 20.6. The van der Waals surface area contributed by atoms with Gasteiger partial charge in [-0.15, -0.1) is 0 Å². The third kappa shape index (κ3) is 26.6. The number of carbonyl (C=O) groups is 2. The van der Waals surface area contributed by atoms with E-state index in [1.54, 1.807) is 12.2 Å². The van der Waals surface area contributed by atoms with Gasteiger partial charge in [0.1, 0.15) is 12.4 Å². The zero-order valence-electron chi connectivity index (χ0n) is 33.0. The Balaban J connectivity index is 2.41. The topological polar surface area (TPSA) is 175 Å². The second-order valence-corrected chi connectivity index (χ2v) is 15.8. The summed E-state index contributed by atoms with van der Waals surface area (Å²) in [6.07, 6.45) is 30.5. The molecule has 5 N–H and O–H groups in total. The predicted molar refractivity (Wildman–Crippen MR) is 211 cm³/mol. The standard InChI is InChI=1S/C41H74NO10P/c1-3-5-7-8-9-10-11-12-13-14-15-16-19-23-30-49-36(34-52-53(47,48)51-31-29-42)33-50-41(46)26-22-18-17-21-25-37-38(40(45)32-39(37)44)28-27-35(43)24-20-6-4-2/h17,21,23,27-28,30,35-38,40,43,45H,3-16,18-20,22,24-26,29,31-34,42H2,1-2H3,(H,47,48)/b21-17-,28-27+,30-23+/t35-,36+,37+,38+,40+/m0/s1. The molecule has 0 heterocycles. The van der Waals surface area contributed by atoms with Crippen molar-refractivity contribution in [1.82, 2.24) is 0 Å². The fourth-order valence-corrected chi connectivity index (χ4v) is 7.08. The minimum atomic E-state index is -4.33. The fraction of sp³-hybridized carbons (Fsp3) is 0.805. The highest BCUT2D eigenvalue weighted by Crippen LogP contribution is 2.43. The molecule has 1 saturated carbocycles. The summed E-state index contributed by atoms with van der Waals surface area (Å²) >= 11 is 0. The lowest BCUT2D eigenvalue weighted by Crippen LogP contribution is -2.25. The van der Waals surface area contributed by atoms with Crippen LogP contribution in [0.1, 0.15) is 155 Å². The highest BCUT2D eigenvalue weighted by Gasteiger charge is 2.39. The van der Waals surface area contributed by atoms with Crippen LogP contribution in [0.3, 0.4) is 0 Å². The molecule has 0 saturated heterocycles. The van der Waals surface area contributed by atoms with E-state index in [0.717, 1.165) is 38.5 Å². The minimum Gasteiger partial charge on any atom is -0.492 e. The summed E-state index contributed by atoms with van der Waals surface area (Å²) in [7, 11) is -4.33. The smallest absolute Gasteiger partial charge is 0.472 e. The van der Waals surface area contributed by atoms with Crippen LogP contribution < -0.4 is 5.73 Å². The number of nitrogens with two attached hydrogens (primary N) is 1. The van der Waals surface area contributed by atoms with E-state index in [1.807, 2.05) is 18.2 Å². The Morgan fingerprint density at radius 1 is 0.868 bits per heavy atom. The lowest BCUT2D eigenvalue weighted by Gasteiger charge is -2.19. The third-order valence-corrected chi connectivity index (χ3v) is 10.5. The van der Waals surface area contributed by atoms with E-state index in [0.29, 0.717) is 25.7 Å². The lowest BCUT2D eigenvalue weighted by atomic mass is 9.90. The number of hydrogen-bond donors (Lipinski definition) is 4. The molecule has 12 heteroatoms. The number of hydrogen-bond acceptors (Lipinski definition) is 10. The van der Waals surface area contributed by atoms with E-state index < -0.39 is 32.1 Å². The molecule has 1 rings (SSSR count). The average molecular weight is 772 g/mol. The zero-order chi connectivity index (χ0) is 39.0. The van der Waals surface area contributed by atoms with E-state index in [-0.39, 0.29) is 56.8 Å². The molecule has 6 atom stereocenters. The highest BCUT2D eigenvalue weighted by molar-refractivity contribution is 7.47. The number of rotatable bonds is 35. The van der Waals surface area contributed by atoms with Crippen LogP contribution in [0.25, 0.3) is 0 Å². The molecule has 1 unspecified atom stereocenters. The van der Waals surface area contributed by atoms with Crippen molar-refractivity contribution in [1.29, 1.82) is 0 Å². The van der Waals surface area contributed by atoms with Gasteiger partial charge in [0.05, 0.1) is 31.7 Å². The van der Waals surface area contributed by atoms with Gasteiger partial charge in [-0.25, -0.2) is 4.57 Å². The van der Waals surface area contributed by atoms with Crippen LogP contribution in [-0.2, 0) is 32.7 Å². The molecule has 0 bridgehead atoms. The van der Waals surface area contributed by atoms with Gasteiger partial charge in [-0.3, -0.25) is 18.6 Å². The van der Waals surface area contributed by atoms with Crippen LogP contribution >= 0.6 is 7.82 Å². The number of aliphatic hydroxyl groups is 2.